The van der Waals surface area contributed by atoms with Gasteiger partial charge in [-0.2, -0.15) is 0 Å². The molecule has 2 aromatic heterocycles. The maximum absolute atomic E-state index is 12.8. The summed E-state index contributed by atoms with van der Waals surface area (Å²) in [5.41, 5.74) is 1.09. The molecule has 0 fully saturated rings. The number of hydrogen-bond donors (Lipinski definition) is 1. The lowest BCUT2D eigenvalue weighted by molar-refractivity contribution is 0.456. The molecule has 84 valence electrons. The number of aromatic amines is 1. The number of rotatable bonds is 1. The third kappa shape index (κ3) is 1.50. The van der Waals surface area contributed by atoms with Crippen LogP contribution in [0.2, 0.25) is 0 Å². The molecule has 3 aromatic rings. The van der Waals surface area contributed by atoms with Gasteiger partial charge >= 0.3 is 0 Å². The summed E-state index contributed by atoms with van der Waals surface area (Å²) in [4.78, 5) is 17.8. The summed E-state index contributed by atoms with van der Waals surface area (Å²) >= 11 is 0. The van der Waals surface area contributed by atoms with Gasteiger partial charge in [-0.1, -0.05) is 5.16 Å². The van der Waals surface area contributed by atoms with Gasteiger partial charge in [0.15, 0.2) is 0 Å². The van der Waals surface area contributed by atoms with Gasteiger partial charge in [-0.3, -0.25) is 4.79 Å². The van der Waals surface area contributed by atoms with E-state index in [2.05, 4.69) is 15.1 Å². The van der Waals surface area contributed by atoms with Crippen LogP contribution in [0.3, 0.4) is 0 Å². The van der Waals surface area contributed by atoms with Gasteiger partial charge in [-0.25, -0.2) is 9.37 Å². The lowest BCUT2D eigenvalue weighted by Gasteiger charge is -1.95. The molecule has 0 aliphatic heterocycles. The van der Waals surface area contributed by atoms with Crippen LogP contribution in [0.4, 0.5) is 4.39 Å². The molecule has 2 heterocycles. The van der Waals surface area contributed by atoms with Gasteiger partial charge < -0.3 is 9.51 Å². The molecule has 0 unspecified atom stereocenters. The van der Waals surface area contributed by atoms with Crippen molar-refractivity contribution in [3.63, 3.8) is 0 Å². The number of hydrogen-bond acceptors (Lipinski definition) is 4. The largest absolute Gasteiger partial charge is 0.348 e. The van der Waals surface area contributed by atoms with E-state index in [0.29, 0.717) is 16.8 Å². The zero-order valence-corrected chi connectivity index (χ0v) is 8.48. The van der Waals surface area contributed by atoms with Crippen LogP contribution in [0.15, 0.2) is 39.9 Å². The van der Waals surface area contributed by atoms with E-state index in [1.54, 1.807) is 12.1 Å². The van der Waals surface area contributed by atoms with Crippen molar-refractivity contribution in [3.05, 3.63) is 46.8 Å². The van der Waals surface area contributed by atoms with E-state index >= 15 is 0 Å². The summed E-state index contributed by atoms with van der Waals surface area (Å²) < 4.78 is 17.7. The summed E-state index contributed by atoms with van der Waals surface area (Å²) in [5, 5.41) is 3.78. The third-order valence-corrected chi connectivity index (χ3v) is 2.38. The second-order valence-corrected chi connectivity index (χ2v) is 3.45. The van der Waals surface area contributed by atoms with Crippen molar-refractivity contribution in [2.24, 2.45) is 0 Å². The molecule has 0 radical (unpaired) electrons. The lowest BCUT2D eigenvalue weighted by Crippen LogP contribution is -2.04. The first-order chi connectivity index (χ1) is 8.25. The molecule has 0 saturated heterocycles. The first kappa shape index (κ1) is 9.71. The Balaban J connectivity index is 2.28. The molecular formula is C11H6FN3O2. The molecule has 0 atom stereocenters. The highest BCUT2D eigenvalue weighted by atomic mass is 19.1. The van der Waals surface area contributed by atoms with Gasteiger partial charge in [-0.05, 0) is 24.3 Å². The molecule has 0 bridgehead atoms. The summed E-state index contributed by atoms with van der Waals surface area (Å²) in [7, 11) is 0. The summed E-state index contributed by atoms with van der Waals surface area (Å²) in [6, 6.07) is 5.72. The van der Waals surface area contributed by atoms with E-state index in [9.17, 15) is 9.18 Å². The zero-order chi connectivity index (χ0) is 11.8. The van der Waals surface area contributed by atoms with Crippen molar-refractivity contribution in [1.29, 1.82) is 0 Å². The van der Waals surface area contributed by atoms with Crippen molar-refractivity contribution in [2.45, 2.75) is 0 Å². The topological polar surface area (TPSA) is 71.8 Å². The van der Waals surface area contributed by atoms with Gasteiger partial charge in [0, 0.05) is 5.56 Å². The van der Waals surface area contributed by atoms with Crippen LogP contribution < -0.4 is 5.56 Å². The predicted molar refractivity (Wildman–Crippen MR) is 57.8 cm³/mol. The van der Waals surface area contributed by atoms with Crippen LogP contribution in [0.5, 0.6) is 0 Å². The summed E-state index contributed by atoms with van der Waals surface area (Å²) in [6.45, 7) is 0. The van der Waals surface area contributed by atoms with Crippen molar-refractivity contribution in [1.82, 2.24) is 15.1 Å². The minimum atomic E-state index is -0.393. The van der Waals surface area contributed by atoms with E-state index in [1.165, 1.54) is 18.5 Å². The molecule has 1 aromatic carbocycles. The molecule has 3 rings (SSSR count). The highest BCUT2D eigenvalue weighted by Gasteiger charge is 2.13. The van der Waals surface area contributed by atoms with Crippen LogP contribution in [-0.2, 0) is 0 Å². The second kappa shape index (κ2) is 3.51. The average Bonchev–Trinajstić information content (AvgIpc) is 2.75. The van der Waals surface area contributed by atoms with Crippen LogP contribution in [-0.4, -0.2) is 15.1 Å². The monoisotopic (exact) mass is 231 g/mol. The average molecular weight is 231 g/mol. The van der Waals surface area contributed by atoms with Gasteiger partial charge in [-0.15, -0.1) is 0 Å². The SMILES string of the molecule is O=c1[nH]cnc2c(-c3ccc(F)cc3)noc12. The van der Waals surface area contributed by atoms with E-state index in [4.69, 9.17) is 4.52 Å². The van der Waals surface area contributed by atoms with Crippen LogP contribution in [0.25, 0.3) is 22.4 Å². The number of aromatic nitrogens is 3. The van der Waals surface area contributed by atoms with Crippen LogP contribution in [0.1, 0.15) is 0 Å². The fraction of sp³-hybridized carbons (Fsp3) is 0. The Morgan fingerprint density at radius 1 is 1.24 bits per heavy atom. The Morgan fingerprint density at radius 2 is 2.00 bits per heavy atom. The minimum absolute atomic E-state index is 0.0619. The van der Waals surface area contributed by atoms with Crippen LogP contribution in [0, 0.1) is 5.82 Å². The maximum atomic E-state index is 12.8. The Kier molecular flexibility index (Phi) is 2.01. The molecule has 0 aliphatic rings. The van der Waals surface area contributed by atoms with Crippen molar-refractivity contribution in [2.75, 3.05) is 0 Å². The molecule has 17 heavy (non-hydrogen) atoms. The minimum Gasteiger partial charge on any atom is -0.348 e. The summed E-state index contributed by atoms with van der Waals surface area (Å²) in [6.07, 6.45) is 1.27. The van der Waals surface area contributed by atoms with E-state index in [1.807, 2.05) is 0 Å². The third-order valence-electron chi connectivity index (χ3n) is 2.38. The van der Waals surface area contributed by atoms with Gasteiger partial charge in [0.05, 0.1) is 6.33 Å². The standard InChI is InChI=1S/C11H6FN3O2/c12-7-3-1-6(2-4-7)8-9-10(17-15-8)11(16)14-5-13-9/h1-5H,(H,13,14,16). The predicted octanol–water partition coefficient (Wildman–Crippen LogP) is 1.72. The van der Waals surface area contributed by atoms with Crippen molar-refractivity contribution in [3.8, 4) is 11.3 Å². The Hall–Kier alpha value is -2.50. The van der Waals surface area contributed by atoms with E-state index < -0.39 is 5.56 Å². The molecule has 5 nitrogen and oxygen atoms in total. The number of nitrogens with one attached hydrogen (secondary N) is 1. The Labute approximate surface area is 93.9 Å². The van der Waals surface area contributed by atoms with Crippen molar-refractivity contribution >= 4 is 11.1 Å². The lowest BCUT2D eigenvalue weighted by atomic mass is 10.1. The molecule has 6 heteroatoms. The number of benzene rings is 1. The fourth-order valence-electron chi connectivity index (χ4n) is 1.57. The van der Waals surface area contributed by atoms with E-state index in [0.717, 1.165) is 0 Å². The van der Waals surface area contributed by atoms with Gasteiger partial charge in [0.25, 0.3) is 11.1 Å². The second-order valence-electron chi connectivity index (χ2n) is 3.45. The molecule has 0 saturated carbocycles. The number of halogens is 1. The molecule has 1 N–H and O–H groups in total. The first-order valence-corrected chi connectivity index (χ1v) is 4.85. The number of nitrogens with zero attached hydrogens (tertiary/aromatic N) is 2. The smallest absolute Gasteiger partial charge is 0.297 e. The fourth-order valence-corrected chi connectivity index (χ4v) is 1.57. The van der Waals surface area contributed by atoms with Crippen molar-refractivity contribution < 1.29 is 8.91 Å². The van der Waals surface area contributed by atoms with Gasteiger partial charge in [0.1, 0.15) is 17.0 Å². The van der Waals surface area contributed by atoms with Crippen LogP contribution >= 0.6 is 0 Å². The normalized spacial score (nSPS) is 10.9. The molecular weight excluding hydrogens is 225 g/mol. The highest BCUT2D eigenvalue weighted by molar-refractivity contribution is 5.87. The quantitative estimate of drug-likeness (QED) is 0.692. The van der Waals surface area contributed by atoms with Gasteiger partial charge in [0.2, 0.25) is 0 Å². The number of H-pyrrole nitrogens is 1. The Bertz CT molecular complexity index is 730. The molecule has 0 amide bonds. The Morgan fingerprint density at radius 3 is 2.76 bits per heavy atom. The highest BCUT2D eigenvalue weighted by Crippen LogP contribution is 2.24. The first-order valence-electron chi connectivity index (χ1n) is 4.85. The zero-order valence-electron chi connectivity index (χ0n) is 8.48. The molecule has 0 spiro atoms. The molecule has 0 aliphatic carbocycles. The van der Waals surface area contributed by atoms with E-state index in [-0.39, 0.29) is 11.4 Å². The summed E-state index contributed by atoms with van der Waals surface area (Å²) in [5.74, 6) is -0.340. The maximum Gasteiger partial charge on any atom is 0.297 e. The number of fused-ring (bicyclic) bond motifs is 1.